The van der Waals surface area contributed by atoms with Crippen LogP contribution in [0.1, 0.15) is 36.9 Å². The Morgan fingerprint density at radius 1 is 1.36 bits per heavy atom. The number of nitrogens with zero attached hydrogens (tertiary/aromatic N) is 4. The van der Waals surface area contributed by atoms with Crippen LogP contribution in [-0.2, 0) is 19.2 Å². The van der Waals surface area contributed by atoms with Gasteiger partial charge in [0.2, 0.25) is 0 Å². The number of ether oxygens (including phenoxy) is 1. The summed E-state index contributed by atoms with van der Waals surface area (Å²) in [6.45, 7) is 2.26. The Labute approximate surface area is 248 Å². The predicted octanol–water partition coefficient (Wildman–Crippen LogP) is 3.89. The van der Waals surface area contributed by atoms with Gasteiger partial charge in [-0.25, -0.2) is 22.9 Å². The average molecular weight is 628 g/mol. The van der Waals surface area contributed by atoms with Gasteiger partial charge in [0, 0.05) is 40.9 Å². The van der Waals surface area contributed by atoms with E-state index in [1.807, 2.05) is 0 Å². The number of aliphatic carboxylic acids is 1. The minimum absolute atomic E-state index is 0.00421. The second-order valence-corrected chi connectivity index (χ2v) is 12.2. The molecular formula is C27H29ClF3N5O5S. The number of thiazole rings is 1. The van der Waals surface area contributed by atoms with Crippen molar-refractivity contribution < 1.29 is 37.4 Å². The maximum absolute atomic E-state index is 15.5. The van der Waals surface area contributed by atoms with Crippen LogP contribution in [0.15, 0.2) is 46.0 Å². The van der Waals surface area contributed by atoms with E-state index in [2.05, 4.69) is 15.3 Å². The number of alkyl halides is 2. The number of hydrogen-bond acceptors (Lipinski definition) is 10. The highest BCUT2D eigenvalue weighted by Crippen LogP contribution is 2.42. The van der Waals surface area contributed by atoms with E-state index in [4.69, 9.17) is 21.2 Å². The van der Waals surface area contributed by atoms with Crippen molar-refractivity contribution in [1.29, 1.82) is 0 Å². The number of aliphatic imine (C=N–C) groups is 1. The molecule has 2 aromatic rings. The van der Waals surface area contributed by atoms with E-state index >= 15 is 8.78 Å². The molecule has 1 aromatic heterocycles. The molecule has 0 aliphatic carbocycles. The largest absolute Gasteiger partial charge is 0.481 e. The maximum atomic E-state index is 15.5. The number of benzene rings is 1. The number of halogens is 4. The van der Waals surface area contributed by atoms with Crippen LogP contribution in [0.2, 0.25) is 5.02 Å². The van der Waals surface area contributed by atoms with E-state index in [-0.39, 0.29) is 42.4 Å². The minimum Gasteiger partial charge on any atom is -0.481 e. The molecule has 5 rings (SSSR count). The molecule has 0 bridgehead atoms. The van der Waals surface area contributed by atoms with Crippen LogP contribution >= 0.6 is 22.9 Å². The lowest BCUT2D eigenvalue weighted by Gasteiger charge is -2.30. The molecule has 0 spiro atoms. The fourth-order valence-corrected chi connectivity index (χ4v) is 6.22. The van der Waals surface area contributed by atoms with E-state index in [0.717, 1.165) is 6.07 Å². The summed E-state index contributed by atoms with van der Waals surface area (Å²) in [7, 11) is 1.19. The van der Waals surface area contributed by atoms with Gasteiger partial charge in [0.1, 0.15) is 17.9 Å². The third kappa shape index (κ3) is 5.78. The first-order chi connectivity index (χ1) is 19.8. The fraction of sp³-hybridized carbons (Fsp3) is 0.481. The zero-order chi connectivity index (χ0) is 30.4. The number of methoxy groups -OCH3 is 1. The van der Waals surface area contributed by atoms with Crippen molar-refractivity contribution in [3.63, 3.8) is 0 Å². The molecule has 2 saturated heterocycles. The molecule has 0 amide bonds. The number of likely N-dealkylation sites (tertiary alicyclic amines) is 1. The van der Waals surface area contributed by atoms with Crippen molar-refractivity contribution >= 4 is 40.7 Å². The van der Waals surface area contributed by atoms with Gasteiger partial charge in [0.15, 0.2) is 10.8 Å². The smallest absolute Gasteiger partial charge is 0.338 e. The fourth-order valence-electron chi connectivity index (χ4n) is 5.36. The van der Waals surface area contributed by atoms with Gasteiger partial charge < -0.3 is 15.2 Å². The molecular weight excluding hydrogens is 599 g/mol. The number of carbonyl (C=O) groups is 2. The van der Waals surface area contributed by atoms with Crippen LogP contribution in [0.3, 0.4) is 0 Å². The summed E-state index contributed by atoms with van der Waals surface area (Å²) in [5.41, 5.74) is -0.497. The predicted molar refractivity (Wildman–Crippen MR) is 148 cm³/mol. The number of fused-ring (bicyclic) bond motifs is 1. The monoisotopic (exact) mass is 627 g/mol. The summed E-state index contributed by atoms with van der Waals surface area (Å²) in [6.07, 6.45) is 1.68. The molecule has 4 heterocycles. The van der Waals surface area contributed by atoms with Crippen molar-refractivity contribution in [1.82, 2.24) is 20.3 Å². The Kier molecular flexibility index (Phi) is 8.38. The lowest BCUT2D eigenvalue weighted by Crippen LogP contribution is -2.46. The summed E-state index contributed by atoms with van der Waals surface area (Å²) >= 11 is 7.67. The molecule has 0 saturated carbocycles. The summed E-state index contributed by atoms with van der Waals surface area (Å²) in [6, 6.07) is 0.609. The zero-order valence-electron chi connectivity index (χ0n) is 22.9. The first-order valence-corrected chi connectivity index (χ1v) is 14.3. The Morgan fingerprint density at radius 2 is 2.12 bits per heavy atom. The summed E-state index contributed by atoms with van der Waals surface area (Å²) in [5.74, 6) is -5.26. The van der Waals surface area contributed by atoms with Gasteiger partial charge in [0.05, 0.1) is 37.3 Å². The summed E-state index contributed by atoms with van der Waals surface area (Å²) < 4.78 is 50.0. The number of nitrogens with one attached hydrogen (secondary N) is 1. The molecule has 3 unspecified atom stereocenters. The lowest BCUT2D eigenvalue weighted by atomic mass is 9.89. The molecule has 2 fully saturated rings. The van der Waals surface area contributed by atoms with E-state index < -0.39 is 53.8 Å². The third-order valence-corrected chi connectivity index (χ3v) is 8.83. The summed E-state index contributed by atoms with van der Waals surface area (Å²) in [5, 5.41) is 16.0. The van der Waals surface area contributed by atoms with Crippen molar-refractivity contribution in [3.05, 3.63) is 62.5 Å². The number of esters is 1. The molecule has 226 valence electrons. The van der Waals surface area contributed by atoms with E-state index in [1.54, 1.807) is 11.6 Å². The quantitative estimate of drug-likeness (QED) is 0.400. The van der Waals surface area contributed by atoms with Gasteiger partial charge in [-0.2, -0.15) is 5.06 Å². The number of aromatic nitrogens is 1. The van der Waals surface area contributed by atoms with Gasteiger partial charge in [0.25, 0.3) is 5.92 Å². The van der Waals surface area contributed by atoms with Crippen LogP contribution in [0, 0.1) is 11.2 Å². The SMILES string of the molecule is COC(=O)C1=C(CN2CC(F)(F)C3C2CON3CCC(C)(C)C(=O)O)NC(c2nccs2)=NC1c1ccc(F)cc1Cl. The van der Waals surface area contributed by atoms with Crippen LogP contribution < -0.4 is 5.32 Å². The van der Waals surface area contributed by atoms with E-state index in [9.17, 15) is 19.1 Å². The average Bonchev–Trinajstić information content (AvgIpc) is 3.66. The molecule has 0 radical (unpaired) electrons. The number of hydroxylamine groups is 2. The number of carboxylic acid groups (broad SMARTS) is 1. The molecule has 1 aromatic carbocycles. The highest BCUT2D eigenvalue weighted by atomic mass is 35.5. The zero-order valence-corrected chi connectivity index (χ0v) is 24.5. The van der Waals surface area contributed by atoms with Crippen LogP contribution in [0.4, 0.5) is 13.2 Å². The van der Waals surface area contributed by atoms with Crippen molar-refractivity contribution in [2.24, 2.45) is 10.4 Å². The molecule has 42 heavy (non-hydrogen) atoms. The van der Waals surface area contributed by atoms with Crippen LogP contribution in [0.25, 0.3) is 0 Å². The Hall–Kier alpha value is -3.04. The number of carbonyl (C=O) groups excluding carboxylic acids is 1. The minimum atomic E-state index is -3.19. The van der Waals surface area contributed by atoms with Crippen LogP contribution in [-0.4, -0.2) is 89.2 Å². The van der Waals surface area contributed by atoms with Crippen molar-refractivity contribution in [2.45, 2.75) is 44.3 Å². The molecule has 3 atom stereocenters. The van der Waals surface area contributed by atoms with Crippen molar-refractivity contribution in [2.75, 3.05) is 33.4 Å². The highest BCUT2D eigenvalue weighted by molar-refractivity contribution is 7.11. The Balaban J connectivity index is 1.49. The molecule has 15 heteroatoms. The lowest BCUT2D eigenvalue weighted by molar-refractivity contribution is -0.186. The first kappa shape index (κ1) is 30.4. The second-order valence-electron chi connectivity index (χ2n) is 10.9. The molecule has 10 nitrogen and oxygen atoms in total. The van der Waals surface area contributed by atoms with Crippen LogP contribution in [0.5, 0.6) is 0 Å². The van der Waals surface area contributed by atoms with Gasteiger partial charge in [-0.3, -0.25) is 19.5 Å². The number of rotatable bonds is 9. The van der Waals surface area contributed by atoms with E-state index in [1.165, 1.54) is 54.4 Å². The first-order valence-electron chi connectivity index (χ1n) is 13.1. The highest BCUT2D eigenvalue weighted by Gasteiger charge is 2.61. The number of carboxylic acids is 1. The third-order valence-electron chi connectivity index (χ3n) is 7.72. The standard InChI is InChI=1S/C27H29ClF3N5O5S/c1-26(2,25(38)39)6-8-36-21-18(12-41-36)35(13-27(21,30)31)11-17-19(24(37)40-3)20(15-5-4-14(29)10-16(15)28)34-22(33-17)23-32-7-9-42-23/h4-5,7,9-10,18,20-21H,6,8,11-13H2,1-3H3,(H,33,34)(H,38,39). The van der Waals surface area contributed by atoms with E-state index in [0.29, 0.717) is 16.4 Å². The second kappa shape index (κ2) is 11.6. The molecule has 3 aliphatic rings. The Morgan fingerprint density at radius 3 is 2.76 bits per heavy atom. The van der Waals surface area contributed by atoms with Gasteiger partial charge in [-0.1, -0.05) is 17.7 Å². The maximum Gasteiger partial charge on any atom is 0.338 e. The van der Waals surface area contributed by atoms with Gasteiger partial charge in [-0.05, 0) is 32.4 Å². The Bertz CT molecular complexity index is 1440. The normalized spacial score (nSPS) is 24.4. The molecule has 3 aliphatic heterocycles. The summed E-state index contributed by atoms with van der Waals surface area (Å²) in [4.78, 5) is 40.8. The molecule has 2 N–H and O–H groups in total. The number of amidine groups is 1. The number of hydrogen-bond donors (Lipinski definition) is 2. The van der Waals surface area contributed by atoms with Crippen molar-refractivity contribution in [3.8, 4) is 0 Å². The topological polar surface area (TPSA) is 117 Å². The van der Waals surface area contributed by atoms with Gasteiger partial charge in [-0.15, -0.1) is 11.3 Å². The van der Waals surface area contributed by atoms with Gasteiger partial charge >= 0.3 is 11.9 Å².